The summed E-state index contributed by atoms with van der Waals surface area (Å²) in [6.45, 7) is 8.37. The van der Waals surface area contributed by atoms with Crippen molar-refractivity contribution < 1.29 is 0 Å². The van der Waals surface area contributed by atoms with Crippen molar-refractivity contribution >= 4 is 5.82 Å². The summed E-state index contributed by atoms with van der Waals surface area (Å²) < 4.78 is 0. The molecule has 1 aromatic rings. The first-order valence-corrected chi connectivity index (χ1v) is 6.31. The molecule has 1 aliphatic heterocycles. The van der Waals surface area contributed by atoms with Gasteiger partial charge in [-0.15, -0.1) is 5.10 Å². The molecule has 94 valence electrons. The molecule has 1 aliphatic rings. The summed E-state index contributed by atoms with van der Waals surface area (Å²) in [4.78, 5) is 2.23. The summed E-state index contributed by atoms with van der Waals surface area (Å²) >= 11 is 0. The van der Waals surface area contributed by atoms with Crippen LogP contribution in [0.1, 0.15) is 39.3 Å². The Bertz CT molecular complexity index is 366. The molecule has 0 bridgehead atoms. The average Bonchev–Trinajstić information content (AvgIpc) is 2.28. The van der Waals surface area contributed by atoms with E-state index in [1.807, 2.05) is 0 Å². The van der Waals surface area contributed by atoms with Crippen LogP contribution in [0.5, 0.6) is 0 Å². The van der Waals surface area contributed by atoms with Crippen LogP contribution in [0.2, 0.25) is 0 Å². The second-order valence-corrected chi connectivity index (χ2v) is 5.88. The van der Waals surface area contributed by atoms with E-state index in [0.29, 0.717) is 0 Å². The van der Waals surface area contributed by atoms with E-state index in [1.54, 1.807) is 0 Å². The SMILES string of the molecule is CC(C)(C)c1ccc(N2CCCC(N)C2)nn1. The fraction of sp³-hybridized carbons (Fsp3) is 0.692. The lowest BCUT2D eigenvalue weighted by atomic mass is 9.92. The number of hydrogen-bond acceptors (Lipinski definition) is 4. The van der Waals surface area contributed by atoms with Gasteiger partial charge in [0, 0.05) is 24.5 Å². The van der Waals surface area contributed by atoms with E-state index in [-0.39, 0.29) is 11.5 Å². The highest BCUT2D eigenvalue weighted by Crippen LogP contribution is 2.22. The van der Waals surface area contributed by atoms with Crippen molar-refractivity contribution in [3.8, 4) is 0 Å². The van der Waals surface area contributed by atoms with Gasteiger partial charge in [-0.1, -0.05) is 20.8 Å². The average molecular weight is 234 g/mol. The normalized spacial score (nSPS) is 21.6. The molecule has 0 aromatic carbocycles. The van der Waals surface area contributed by atoms with Gasteiger partial charge in [0.25, 0.3) is 0 Å². The third-order valence-electron chi connectivity index (χ3n) is 3.20. The molecule has 0 amide bonds. The second kappa shape index (κ2) is 4.61. The van der Waals surface area contributed by atoms with E-state index < -0.39 is 0 Å². The largest absolute Gasteiger partial charge is 0.354 e. The van der Waals surface area contributed by atoms with E-state index in [9.17, 15) is 0 Å². The van der Waals surface area contributed by atoms with E-state index in [4.69, 9.17) is 5.73 Å². The molecule has 1 fully saturated rings. The molecule has 4 nitrogen and oxygen atoms in total. The Labute approximate surface area is 103 Å². The van der Waals surface area contributed by atoms with Crippen molar-refractivity contribution in [1.29, 1.82) is 0 Å². The summed E-state index contributed by atoms with van der Waals surface area (Å²) in [6.07, 6.45) is 2.26. The minimum atomic E-state index is 0.0594. The standard InChI is InChI=1S/C13H22N4/c1-13(2,3)11-6-7-12(16-15-11)17-8-4-5-10(14)9-17/h6-7,10H,4-5,8-9,14H2,1-3H3. The van der Waals surface area contributed by atoms with Gasteiger partial charge >= 0.3 is 0 Å². The zero-order valence-corrected chi connectivity index (χ0v) is 11.0. The first kappa shape index (κ1) is 12.3. The fourth-order valence-electron chi connectivity index (χ4n) is 2.11. The van der Waals surface area contributed by atoms with Crippen molar-refractivity contribution in [2.75, 3.05) is 18.0 Å². The molecule has 0 saturated carbocycles. The number of nitrogens with zero attached hydrogens (tertiary/aromatic N) is 3. The maximum Gasteiger partial charge on any atom is 0.151 e. The van der Waals surface area contributed by atoms with Crippen LogP contribution >= 0.6 is 0 Å². The lowest BCUT2D eigenvalue weighted by Gasteiger charge is -2.31. The highest BCUT2D eigenvalue weighted by Gasteiger charge is 2.20. The summed E-state index contributed by atoms with van der Waals surface area (Å²) in [5.74, 6) is 0.952. The van der Waals surface area contributed by atoms with Crippen molar-refractivity contribution in [3.05, 3.63) is 17.8 Å². The van der Waals surface area contributed by atoms with Gasteiger partial charge in [-0.2, -0.15) is 5.10 Å². The van der Waals surface area contributed by atoms with Crippen LogP contribution in [0.4, 0.5) is 5.82 Å². The van der Waals surface area contributed by atoms with Gasteiger partial charge < -0.3 is 10.6 Å². The van der Waals surface area contributed by atoms with Crippen LogP contribution in [0.3, 0.4) is 0 Å². The van der Waals surface area contributed by atoms with Gasteiger partial charge in [-0.25, -0.2) is 0 Å². The first-order chi connectivity index (χ1) is 7.97. The third-order valence-corrected chi connectivity index (χ3v) is 3.20. The predicted octanol–water partition coefficient (Wildman–Crippen LogP) is 1.70. The monoisotopic (exact) mass is 234 g/mol. The van der Waals surface area contributed by atoms with E-state index in [0.717, 1.165) is 37.4 Å². The minimum Gasteiger partial charge on any atom is -0.354 e. The van der Waals surface area contributed by atoms with Gasteiger partial charge in [-0.3, -0.25) is 0 Å². The molecular weight excluding hydrogens is 212 g/mol. The fourth-order valence-corrected chi connectivity index (χ4v) is 2.11. The topological polar surface area (TPSA) is 55.0 Å². The molecule has 2 rings (SSSR count). The summed E-state index contributed by atoms with van der Waals surface area (Å²) in [5, 5.41) is 8.64. The Balaban J connectivity index is 2.12. The maximum absolute atomic E-state index is 5.97. The molecule has 1 saturated heterocycles. The summed E-state index contributed by atoms with van der Waals surface area (Å²) in [7, 11) is 0. The van der Waals surface area contributed by atoms with Crippen LogP contribution in [0.15, 0.2) is 12.1 Å². The highest BCUT2D eigenvalue weighted by atomic mass is 15.3. The molecule has 0 spiro atoms. The Morgan fingerprint density at radius 3 is 2.59 bits per heavy atom. The lowest BCUT2D eigenvalue weighted by Crippen LogP contribution is -2.43. The quantitative estimate of drug-likeness (QED) is 0.803. The van der Waals surface area contributed by atoms with Crippen molar-refractivity contribution in [2.45, 2.75) is 45.1 Å². The van der Waals surface area contributed by atoms with Crippen LogP contribution in [-0.2, 0) is 5.41 Å². The zero-order chi connectivity index (χ0) is 12.5. The molecule has 4 heteroatoms. The molecule has 1 atom stereocenters. The lowest BCUT2D eigenvalue weighted by molar-refractivity contribution is 0.499. The van der Waals surface area contributed by atoms with Gasteiger partial charge in [0.1, 0.15) is 0 Å². The molecule has 0 aliphatic carbocycles. The Hall–Kier alpha value is -1.16. The van der Waals surface area contributed by atoms with Crippen LogP contribution in [-0.4, -0.2) is 29.3 Å². The van der Waals surface area contributed by atoms with E-state index in [2.05, 4.69) is 48.0 Å². The van der Waals surface area contributed by atoms with Gasteiger partial charge in [0.2, 0.25) is 0 Å². The Morgan fingerprint density at radius 1 is 1.29 bits per heavy atom. The number of piperidine rings is 1. The molecule has 0 radical (unpaired) electrons. The first-order valence-electron chi connectivity index (χ1n) is 6.31. The minimum absolute atomic E-state index is 0.0594. The number of anilines is 1. The summed E-state index contributed by atoms with van der Waals surface area (Å²) in [6, 6.07) is 4.40. The van der Waals surface area contributed by atoms with E-state index in [1.165, 1.54) is 0 Å². The molecule has 1 unspecified atom stereocenters. The van der Waals surface area contributed by atoms with Crippen molar-refractivity contribution in [2.24, 2.45) is 5.73 Å². The summed E-state index contributed by atoms with van der Waals surface area (Å²) in [5.41, 5.74) is 7.06. The van der Waals surface area contributed by atoms with Gasteiger partial charge in [0.15, 0.2) is 5.82 Å². The molecular formula is C13H22N4. The molecule has 2 N–H and O–H groups in total. The van der Waals surface area contributed by atoms with Crippen molar-refractivity contribution in [1.82, 2.24) is 10.2 Å². The van der Waals surface area contributed by atoms with Crippen molar-refractivity contribution in [3.63, 3.8) is 0 Å². The Kier molecular flexibility index (Phi) is 3.33. The molecule has 17 heavy (non-hydrogen) atoms. The maximum atomic E-state index is 5.97. The highest BCUT2D eigenvalue weighted by molar-refractivity contribution is 5.38. The van der Waals surface area contributed by atoms with Crippen LogP contribution < -0.4 is 10.6 Å². The number of rotatable bonds is 1. The van der Waals surface area contributed by atoms with Crippen LogP contribution in [0, 0.1) is 0 Å². The molecule has 2 heterocycles. The van der Waals surface area contributed by atoms with E-state index >= 15 is 0 Å². The Morgan fingerprint density at radius 2 is 2.06 bits per heavy atom. The van der Waals surface area contributed by atoms with Crippen LogP contribution in [0.25, 0.3) is 0 Å². The number of hydrogen-bond donors (Lipinski definition) is 1. The number of aromatic nitrogens is 2. The molecule has 1 aromatic heterocycles. The smallest absolute Gasteiger partial charge is 0.151 e. The second-order valence-electron chi connectivity index (χ2n) is 5.88. The number of nitrogens with two attached hydrogens (primary N) is 1. The predicted molar refractivity (Wildman–Crippen MR) is 70.2 cm³/mol. The van der Waals surface area contributed by atoms with Gasteiger partial charge in [0.05, 0.1) is 5.69 Å². The third kappa shape index (κ3) is 2.94. The van der Waals surface area contributed by atoms with Gasteiger partial charge in [-0.05, 0) is 25.0 Å². The zero-order valence-electron chi connectivity index (χ0n) is 11.0.